The molecule has 0 saturated heterocycles. The van der Waals surface area contributed by atoms with E-state index in [1.54, 1.807) is 11.7 Å². The minimum absolute atomic E-state index is 0.0865. The summed E-state index contributed by atoms with van der Waals surface area (Å²) in [5.41, 5.74) is 2.43. The van der Waals surface area contributed by atoms with Gasteiger partial charge >= 0.3 is 5.97 Å². The van der Waals surface area contributed by atoms with Crippen LogP contribution >= 0.6 is 0 Å². The largest absolute Gasteiger partial charge is 0.480 e. The predicted octanol–water partition coefficient (Wildman–Crippen LogP) is 0.0172. The monoisotopic (exact) mass is 324 g/mol. The van der Waals surface area contributed by atoms with E-state index in [4.69, 9.17) is 0 Å². The van der Waals surface area contributed by atoms with Gasteiger partial charge < -0.3 is 15.3 Å². The number of carboxylic acids is 1. The van der Waals surface area contributed by atoms with Crippen molar-refractivity contribution in [1.29, 1.82) is 0 Å². The standard InChI is InChI=1S/C15H24N4O4/c1-9-13(10(2)18(5)17-9)8-14(21)19(11(3)15(22)23)7-6-16-12(4)20/h11H,6-8H2,1-5H3,(H,16,20)(H,22,23). The van der Waals surface area contributed by atoms with E-state index in [2.05, 4.69) is 10.4 Å². The Morgan fingerprint density at radius 2 is 1.96 bits per heavy atom. The van der Waals surface area contributed by atoms with E-state index in [9.17, 15) is 19.5 Å². The fourth-order valence-electron chi connectivity index (χ4n) is 2.35. The first-order chi connectivity index (χ1) is 10.6. The van der Waals surface area contributed by atoms with Gasteiger partial charge in [-0.25, -0.2) is 4.79 Å². The summed E-state index contributed by atoms with van der Waals surface area (Å²) in [6, 6.07) is -0.964. The van der Waals surface area contributed by atoms with Gasteiger partial charge in [-0.15, -0.1) is 0 Å². The molecule has 1 heterocycles. The molecule has 0 fully saturated rings. The number of hydrogen-bond acceptors (Lipinski definition) is 4. The number of amides is 2. The quantitative estimate of drug-likeness (QED) is 0.735. The van der Waals surface area contributed by atoms with Gasteiger partial charge in [0.1, 0.15) is 6.04 Å². The summed E-state index contributed by atoms with van der Waals surface area (Å²) >= 11 is 0. The molecule has 1 aromatic rings. The maximum Gasteiger partial charge on any atom is 0.326 e. The molecule has 0 aliphatic rings. The zero-order valence-corrected chi connectivity index (χ0v) is 14.2. The third-order valence-corrected chi connectivity index (χ3v) is 3.86. The van der Waals surface area contributed by atoms with Gasteiger partial charge in [-0.3, -0.25) is 14.3 Å². The normalized spacial score (nSPS) is 11.9. The Kier molecular flexibility index (Phi) is 6.29. The Labute approximate surface area is 135 Å². The number of rotatable bonds is 7. The van der Waals surface area contributed by atoms with E-state index < -0.39 is 12.0 Å². The number of aryl methyl sites for hydroxylation is 2. The number of carbonyl (C=O) groups excluding carboxylic acids is 2. The molecule has 1 atom stereocenters. The second kappa shape index (κ2) is 7.75. The van der Waals surface area contributed by atoms with Crippen molar-refractivity contribution in [3.05, 3.63) is 17.0 Å². The average molecular weight is 324 g/mol. The molecule has 0 aromatic carbocycles. The van der Waals surface area contributed by atoms with E-state index in [0.29, 0.717) is 0 Å². The molecule has 0 radical (unpaired) electrons. The molecule has 8 nitrogen and oxygen atoms in total. The van der Waals surface area contributed by atoms with Gasteiger partial charge in [-0.2, -0.15) is 5.10 Å². The van der Waals surface area contributed by atoms with Crippen molar-refractivity contribution in [2.75, 3.05) is 13.1 Å². The minimum atomic E-state index is -1.08. The predicted molar refractivity (Wildman–Crippen MR) is 83.9 cm³/mol. The van der Waals surface area contributed by atoms with Crippen LogP contribution in [0.25, 0.3) is 0 Å². The Balaban J connectivity index is 2.89. The van der Waals surface area contributed by atoms with Crippen LogP contribution in [0.3, 0.4) is 0 Å². The zero-order valence-electron chi connectivity index (χ0n) is 14.2. The lowest BCUT2D eigenvalue weighted by Gasteiger charge is -2.26. The summed E-state index contributed by atoms with van der Waals surface area (Å²) in [4.78, 5) is 36.0. The van der Waals surface area contributed by atoms with Crippen LogP contribution in [0, 0.1) is 13.8 Å². The SMILES string of the molecule is CC(=O)NCCN(C(=O)Cc1c(C)nn(C)c1C)C(C)C(=O)O. The van der Waals surface area contributed by atoms with E-state index in [0.717, 1.165) is 17.0 Å². The van der Waals surface area contributed by atoms with Gasteiger partial charge in [-0.05, 0) is 20.8 Å². The highest BCUT2D eigenvalue weighted by Gasteiger charge is 2.26. The molecule has 0 aliphatic heterocycles. The van der Waals surface area contributed by atoms with Crippen LogP contribution in [0.15, 0.2) is 0 Å². The Bertz CT molecular complexity index is 609. The number of hydrogen-bond donors (Lipinski definition) is 2. The van der Waals surface area contributed by atoms with Crippen LogP contribution in [0.4, 0.5) is 0 Å². The number of carbonyl (C=O) groups is 3. The van der Waals surface area contributed by atoms with Crippen molar-refractivity contribution in [3.63, 3.8) is 0 Å². The summed E-state index contributed by atoms with van der Waals surface area (Å²) in [5, 5.41) is 16.0. The topological polar surface area (TPSA) is 105 Å². The van der Waals surface area contributed by atoms with Crippen molar-refractivity contribution in [1.82, 2.24) is 20.0 Å². The van der Waals surface area contributed by atoms with Crippen LogP contribution in [0.1, 0.15) is 30.8 Å². The lowest BCUT2D eigenvalue weighted by atomic mass is 10.1. The fourth-order valence-corrected chi connectivity index (χ4v) is 2.35. The minimum Gasteiger partial charge on any atom is -0.480 e. The van der Waals surface area contributed by atoms with E-state index in [1.807, 2.05) is 13.8 Å². The summed E-state index contributed by atoms with van der Waals surface area (Å²) < 4.78 is 1.69. The van der Waals surface area contributed by atoms with E-state index in [1.165, 1.54) is 18.7 Å². The van der Waals surface area contributed by atoms with Gasteiger partial charge in [0.15, 0.2) is 0 Å². The number of nitrogens with zero attached hydrogens (tertiary/aromatic N) is 3. The summed E-state index contributed by atoms with van der Waals surface area (Å²) in [6.07, 6.45) is 0.0865. The third kappa shape index (κ3) is 4.80. The van der Waals surface area contributed by atoms with Crippen molar-refractivity contribution in [2.24, 2.45) is 7.05 Å². The molecule has 1 unspecified atom stereocenters. The Hall–Kier alpha value is -2.38. The Morgan fingerprint density at radius 1 is 1.35 bits per heavy atom. The highest BCUT2D eigenvalue weighted by molar-refractivity contribution is 5.85. The van der Waals surface area contributed by atoms with E-state index in [-0.39, 0.29) is 31.3 Å². The van der Waals surface area contributed by atoms with Crippen molar-refractivity contribution in [2.45, 2.75) is 40.2 Å². The molecule has 2 N–H and O–H groups in total. The fraction of sp³-hybridized carbons (Fsp3) is 0.600. The molecule has 1 rings (SSSR count). The maximum absolute atomic E-state index is 12.6. The smallest absolute Gasteiger partial charge is 0.326 e. The number of aromatic nitrogens is 2. The van der Waals surface area contributed by atoms with Crippen molar-refractivity contribution >= 4 is 17.8 Å². The molecule has 0 aliphatic carbocycles. The molecular weight excluding hydrogens is 300 g/mol. The first-order valence-corrected chi connectivity index (χ1v) is 7.41. The lowest BCUT2D eigenvalue weighted by molar-refractivity contribution is -0.149. The maximum atomic E-state index is 12.6. The Morgan fingerprint density at radius 3 is 2.39 bits per heavy atom. The van der Waals surface area contributed by atoms with Crippen molar-refractivity contribution < 1.29 is 19.5 Å². The number of carboxylic acid groups (broad SMARTS) is 1. The lowest BCUT2D eigenvalue weighted by Crippen LogP contribution is -2.47. The molecule has 0 saturated carbocycles. The summed E-state index contributed by atoms with van der Waals surface area (Å²) in [5.74, 6) is -1.61. The highest BCUT2D eigenvalue weighted by atomic mass is 16.4. The third-order valence-electron chi connectivity index (χ3n) is 3.86. The second-order valence-electron chi connectivity index (χ2n) is 5.53. The average Bonchev–Trinajstić information content (AvgIpc) is 2.69. The van der Waals surface area contributed by atoms with Crippen LogP contribution in [0.2, 0.25) is 0 Å². The van der Waals surface area contributed by atoms with Gasteiger partial charge in [-0.1, -0.05) is 0 Å². The summed E-state index contributed by atoms with van der Waals surface area (Å²) in [7, 11) is 1.80. The van der Waals surface area contributed by atoms with Crippen LogP contribution < -0.4 is 5.32 Å². The molecule has 0 spiro atoms. The number of aliphatic carboxylic acids is 1. The number of nitrogens with one attached hydrogen (secondary N) is 1. The molecule has 0 bridgehead atoms. The van der Waals surface area contributed by atoms with Crippen LogP contribution in [-0.4, -0.2) is 56.7 Å². The van der Waals surface area contributed by atoms with Gasteiger partial charge in [0.05, 0.1) is 12.1 Å². The van der Waals surface area contributed by atoms with E-state index >= 15 is 0 Å². The molecule has 1 aromatic heterocycles. The first-order valence-electron chi connectivity index (χ1n) is 7.41. The first kappa shape index (κ1) is 18.7. The zero-order chi connectivity index (χ0) is 17.7. The van der Waals surface area contributed by atoms with Gasteiger partial charge in [0, 0.05) is 38.3 Å². The van der Waals surface area contributed by atoms with Crippen LogP contribution in [0.5, 0.6) is 0 Å². The van der Waals surface area contributed by atoms with Gasteiger partial charge in [0.2, 0.25) is 11.8 Å². The van der Waals surface area contributed by atoms with Gasteiger partial charge in [0.25, 0.3) is 0 Å². The van der Waals surface area contributed by atoms with Crippen LogP contribution in [-0.2, 0) is 27.9 Å². The molecular formula is C15H24N4O4. The molecule has 8 heteroatoms. The summed E-state index contributed by atoms with van der Waals surface area (Å²) in [6.45, 7) is 6.86. The highest BCUT2D eigenvalue weighted by Crippen LogP contribution is 2.14. The van der Waals surface area contributed by atoms with Crippen molar-refractivity contribution in [3.8, 4) is 0 Å². The molecule has 128 valence electrons. The molecule has 23 heavy (non-hydrogen) atoms. The second-order valence-corrected chi connectivity index (χ2v) is 5.53. The molecule has 2 amide bonds.